The van der Waals surface area contributed by atoms with Crippen molar-refractivity contribution in [3.8, 4) is 11.8 Å². The highest BCUT2D eigenvalue weighted by Crippen LogP contribution is 2.28. The van der Waals surface area contributed by atoms with Crippen LogP contribution in [0.4, 0.5) is 0 Å². The lowest BCUT2D eigenvalue weighted by Crippen LogP contribution is -2.19. The molecule has 8 heteroatoms. The minimum Gasteiger partial charge on any atom is -0.424 e. The molecule has 0 spiro atoms. The molecule has 6 nitrogen and oxygen atoms in total. The lowest BCUT2D eigenvalue weighted by molar-refractivity contribution is -0.115. The van der Waals surface area contributed by atoms with Crippen molar-refractivity contribution in [1.82, 2.24) is 15.3 Å². The summed E-state index contributed by atoms with van der Waals surface area (Å²) in [6.07, 6.45) is 5.01. The van der Waals surface area contributed by atoms with Gasteiger partial charge in [0.1, 0.15) is 5.75 Å². The Hall–Kier alpha value is -3.16. The van der Waals surface area contributed by atoms with E-state index in [1.54, 1.807) is 30.6 Å². The van der Waals surface area contributed by atoms with E-state index in [4.69, 9.17) is 16.3 Å². The third-order valence-corrected chi connectivity index (χ3v) is 5.03. The number of ether oxygens (including phenoxy) is 1. The molecule has 0 saturated carbocycles. The molecule has 0 radical (unpaired) electrons. The largest absolute Gasteiger partial charge is 0.424 e. The second-order valence-electron chi connectivity index (χ2n) is 6.02. The quantitative estimate of drug-likeness (QED) is 0.604. The molecule has 2 heterocycles. The number of nitrogens with zero attached hydrogens (tertiary/aromatic N) is 3. The molecule has 1 aliphatic rings. The number of carbonyl (C=O) groups is 1. The fourth-order valence-corrected chi connectivity index (χ4v) is 3.60. The Labute approximate surface area is 176 Å². The minimum absolute atomic E-state index is 0.183. The van der Waals surface area contributed by atoms with Gasteiger partial charge in [-0.25, -0.2) is 9.97 Å². The smallest absolute Gasteiger partial charge is 0.321 e. The van der Waals surface area contributed by atoms with Crippen molar-refractivity contribution >= 4 is 40.5 Å². The molecule has 1 N–H and O–H groups in total. The summed E-state index contributed by atoms with van der Waals surface area (Å²) in [5.41, 5.74) is 1.80. The zero-order chi connectivity index (χ0) is 20.1. The van der Waals surface area contributed by atoms with Crippen molar-refractivity contribution in [3.63, 3.8) is 0 Å². The molecule has 1 amide bonds. The molecule has 1 fully saturated rings. The van der Waals surface area contributed by atoms with Crippen LogP contribution in [-0.4, -0.2) is 21.0 Å². The Bertz CT molecular complexity index is 1100. The van der Waals surface area contributed by atoms with Crippen LogP contribution in [0.2, 0.25) is 5.02 Å². The van der Waals surface area contributed by atoms with Gasteiger partial charge >= 0.3 is 6.01 Å². The van der Waals surface area contributed by atoms with E-state index < -0.39 is 0 Å². The highest BCUT2D eigenvalue weighted by Gasteiger charge is 2.23. The molecule has 2 aromatic carbocycles. The Morgan fingerprint density at radius 2 is 1.93 bits per heavy atom. The zero-order valence-corrected chi connectivity index (χ0v) is 16.7. The minimum atomic E-state index is -0.183. The Balaban J connectivity index is 1.46. The predicted octanol–water partition coefficient (Wildman–Crippen LogP) is 4.68. The van der Waals surface area contributed by atoms with Gasteiger partial charge in [-0.2, -0.15) is 0 Å². The number of nitrogens with one attached hydrogen (secondary N) is 1. The molecule has 4 rings (SSSR count). The number of rotatable bonds is 5. The standard InChI is InChI=1S/C21H15ClN4O2S/c22-16-6-1-5-15(10-16)13-25-21-26-19(27)18(29-21)12-14-4-2-7-17(11-14)28-20-23-8-3-9-24-20/h1-12H,13H2,(H,25,26,27)/b18-12+. The third kappa shape index (κ3) is 5.22. The van der Waals surface area contributed by atoms with E-state index >= 15 is 0 Å². The number of carbonyl (C=O) groups excluding carboxylic acids is 1. The van der Waals surface area contributed by atoms with Gasteiger partial charge in [0.2, 0.25) is 0 Å². The van der Waals surface area contributed by atoms with E-state index in [1.165, 1.54) is 11.8 Å². The first kappa shape index (κ1) is 19.2. The fourth-order valence-electron chi connectivity index (χ4n) is 2.56. The van der Waals surface area contributed by atoms with Crippen LogP contribution in [0.25, 0.3) is 6.08 Å². The van der Waals surface area contributed by atoms with E-state index in [0.717, 1.165) is 11.1 Å². The molecule has 3 aromatic rings. The molecule has 1 saturated heterocycles. The normalized spacial score (nSPS) is 16.2. The molecule has 29 heavy (non-hydrogen) atoms. The molecule has 1 aromatic heterocycles. The van der Waals surface area contributed by atoms with Crippen molar-refractivity contribution in [2.45, 2.75) is 6.54 Å². The first-order valence-corrected chi connectivity index (χ1v) is 9.90. The Kier molecular flexibility index (Phi) is 5.88. The maximum atomic E-state index is 12.3. The van der Waals surface area contributed by atoms with Crippen LogP contribution in [0.15, 0.2) is 76.9 Å². The van der Waals surface area contributed by atoms with Crippen LogP contribution in [-0.2, 0) is 11.3 Å². The number of amides is 1. The van der Waals surface area contributed by atoms with Gasteiger partial charge in [-0.1, -0.05) is 35.9 Å². The van der Waals surface area contributed by atoms with Crippen LogP contribution >= 0.6 is 23.4 Å². The van der Waals surface area contributed by atoms with Gasteiger partial charge in [-0.3, -0.25) is 9.79 Å². The van der Waals surface area contributed by atoms with Gasteiger partial charge in [-0.15, -0.1) is 0 Å². The van der Waals surface area contributed by atoms with Gasteiger partial charge in [0.05, 0.1) is 11.4 Å². The number of aliphatic imine (C=N–C) groups is 1. The van der Waals surface area contributed by atoms with E-state index in [0.29, 0.717) is 27.4 Å². The summed E-state index contributed by atoms with van der Waals surface area (Å²) in [7, 11) is 0. The monoisotopic (exact) mass is 422 g/mol. The van der Waals surface area contributed by atoms with Crippen LogP contribution in [0.1, 0.15) is 11.1 Å². The Morgan fingerprint density at radius 1 is 1.10 bits per heavy atom. The number of hydrogen-bond acceptors (Lipinski definition) is 6. The van der Waals surface area contributed by atoms with E-state index in [1.807, 2.05) is 42.5 Å². The maximum Gasteiger partial charge on any atom is 0.321 e. The number of thioether (sulfide) groups is 1. The SMILES string of the molecule is O=C1NC(=NCc2cccc(Cl)c2)S/C1=C/c1cccc(Oc2ncccn2)c1. The molecule has 0 unspecified atom stereocenters. The lowest BCUT2D eigenvalue weighted by Gasteiger charge is -2.04. The summed E-state index contributed by atoms with van der Waals surface area (Å²) in [5, 5.41) is 4.01. The van der Waals surface area contributed by atoms with Crippen LogP contribution in [0.3, 0.4) is 0 Å². The average Bonchev–Trinajstić information content (AvgIpc) is 3.07. The van der Waals surface area contributed by atoms with Gasteiger partial charge in [0.15, 0.2) is 5.17 Å². The second kappa shape index (κ2) is 8.89. The summed E-state index contributed by atoms with van der Waals surface area (Å²) >= 11 is 7.29. The number of amidine groups is 1. The van der Waals surface area contributed by atoms with Gasteiger partial charge in [0, 0.05) is 17.4 Å². The van der Waals surface area contributed by atoms with E-state index in [9.17, 15) is 4.79 Å². The molecule has 144 valence electrons. The highest BCUT2D eigenvalue weighted by atomic mass is 35.5. The lowest BCUT2D eigenvalue weighted by atomic mass is 10.2. The summed E-state index contributed by atoms with van der Waals surface area (Å²) in [6, 6.07) is 16.8. The first-order chi connectivity index (χ1) is 14.2. The van der Waals surface area contributed by atoms with Crippen molar-refractivity contribution in [3.05, 3.63) is 88.0 Å². The van der Waals surface area contributed by atoms with Crippen LogP contribution in [0.5, 0.6) is 11.8 Å². The van der Waals surface area contributed by atoms with Crippen molar-refractivity contribution in [2.24, 2.45) is 4.99 Å². The predicted molar refractivity (Wildman–Crippen MR) is 115 cm³/mol. The average molecular weight is 423 g/mol. The second-order valence-corrected chi connectivity index (χ2v) is 7.49. The molecular formula is C21H15ClN4O2S. The molecule has 0 bridgehead atoms. The molecule has 0 atom stereocenters. The molecular weight excluding hydrogens is 408 g/mol. The van der Waals surface area contributed by atoms with Crippen molar-refractivity contribution in [1.29, 1.82) is 0 Å². The topological polar surface area (TPSA) is 76.5 Å². The van der Waals surface area contributed by atoms with Gasteiger partial charge in [0.25, 0.3) is 5.91 Å². The maximum absolute atomic E-state index is 12.3. The first-order valence-electron chi connectivity index (χ1n) is 8.70. The highest BCUT2D eigenvalue weighted by molar-refractivity contribution is 8.18. The van der Waals surface area contributed by atoms with Crippen LogP contribution < -0.4 is 10.1 Å². The van der Waals surface area contributed by atoms with Crippen molar-refractivity contribution in [2.75, 3.05) is 0 Å². The summed E-state index contributed by atoms with van der Waals surface area (Å²) in [5.74, 6) is 0.404. The molecule has 0 aliphatic carbocycles. The van der Waals surface area contributed by atoms with E-state index in [2.05, 4.69) is 20.3 Å². The summed E-state index contributed by atoms with van der Waals surface area (Å²) in [4.78, 5) is 25.4. The molecule has 1 aliphatic heterocycles. The van der Waals surface area contributed by atoms with Crippen LogP contribution in [0, 0.1) is 0 Å². The van der Waals surface area contributed by atoms with Gasteiger partial charge < -0.3 is 10.1 Å². The zero-order valence-electron chi connectivity index (χ0n) is 15.1. The van der Waals surface area contributed by atoms with E-state index in [-0.39, 0.29) is 11.9 Å². The number of hydrogen-bond donors (Lipinski definition) is 1. The number of benzene rings is 2. The van der Waals surface area contributed by atoms with Crippen molar-refractivity contribution < 1.29 is 9.53 Å². The fraction of sp³-hybridized carbons (Fsp3) is 0.0476. The number of aromatic nitrogens is 2. The Morgan fingerprint density at radius 3 is 2.76 bits per heavy atom. The summed E-state index contributed by atoms with van der Waals surface area (Å²) < 4.78 is 5.64. The summed E-state index contributed by atoms with van der Waals surface area (Å²) in [6.45, 7) is 0.441. The third-order valence-electron chi connectivity index (χ3n) is 3.85. The number of halogens is 1. The van der Waals surface area contributed by atoms with Gasteiger partial charge in [-0.05, 0) is 59.3 Å².